The van der Waals surface area contributed by atoms with Crippen LogP contribution in [-0.4, -0.2) is 24.5 Å². The number of nitriles is 1. The van der Waals surface area contributed by atoms with Crippen molar-refractivity contribution in [3.8, 4) is 6.07 Å². The molecule has 0 saturated heterocycles. The highest BCUT2D eigenvalue weighted by molar-refractivity contribution is 5.30. The van der Waals surface area contributed by atoms with Gasteiger partial charge in [0, 0.05) is 12.6 Å². The number of nitrogens with two attached hydrogens (primary N) is 1. The highest BCUT2D eigenvalue weighted by Gasteiger charge is 2.30. The van der Waals surface area contributed by atoms with Crippen molar-refractivity contribution < 1.29 is 0 Å². The van der Waals surface area contributed by atoms with Gasteiger partial charge in [-0.3, -0.25) is 0 Å². The molecule has 0 aromatic heterocycles. The Labute approximate surface area is 128 Å². The molecule has 3 unspecified atom stereocenters. The Morgan fingerprint density at radius 3 is 2.57 bits per heavy atom. The van der Waals surface area contributed by atoms with Crippen molar-refractivity contribution in [1.29, 1.82) is 5.26 Å². The summed E-state index contributed by atoms with van der Waals surface area (Å²) in [5, 5.41) is 9.52. The average molecular weight is 285 g/mol. The summed E-state index contributed by atoms with van der Waals surface area (Å²) >= 11 is 0. The minimum absolute atomic E-state index is 0.637. The van der Waals surface area contributed by atoms with Gasteiger partial charge in [-0.05, 0) is 37.8 Å². The zero-order valence-electron chi connectivity index (χ0n) is 13.3. The smallest absolute Gasteiger partial charge is 0.131 e. The molecule has 0 heterocycles. The van der Waals surface area contributed by atoms with Crippen molar-refractivity contribution in [3.05, 3.63) is 35.9 Å². The fraction of sp³-hybridized carbons (Fsp3) is 0.611. The van der Waals surface area contributed by atoms with E-state index in [0.29, 0.717) is 12.5 Å². The Balaban J connectivity index is 1.98. The second-order valence-electron chi connectivity index (χ2n) is 6.51. The van der Waals surface area contributed by atoms with E-state index in [1.165, 1.54) is 25.7 Å². The van der Waals surface area contributed by atoms with Gasteiger partial charge in [0.2, 0.25) is 0 Å². The van der Waals surface area contributed by atoms with Gasteiger partial charge in [-0.1, -0.05) is 50.1 Å². The summed E-state index contributed by atoms with van der Waals surface area (Å²) in [5.41, 5.74) is 6.38. The first-order valence-corrected chi connectivity index (χ1v) is 8.03. The maximum Gasteiger partial charge on any atom is 0.131 e. The van der Waals surface area contributed by atoms with Crippen LogP contribution in [0, 0.1) is 17.2 Å². The highest BCUT2D eigenvalue weighted by atomic mass is 15.1. The lowest BCUT2D eigenvalue weighted by atomic mass is 9.84. The van der Waals surface area contributed by atoms with Crippen LogP contribution in [-0.2, 0) is 5.54 Å². The van der Waals surface area contributed by atoms with E-state index in [4.69, 9.17) is 5.73 Å². The first kappa shape index (κ1) is 16.0. The van der Waals surface area contributed by atoms with E-state index in [1.54, 1.807) is 0 Å². The maximum atomic E-state index is 9.52. The summed E-state index contributed by atoms with van der Waals surface area (Å²) in [5.74, 6) is 0.745. The predicted octanol–water partition coefficient (Wildman–Crippen LogP) is 3.26. The van der Waals surface area contributed by atoms with Gasteiger partial charge in [0.1, 0.15) is 5.54 Å². The van der Waals surface area contributed by atoms with Gasteiger partial charge in [-0.25, -0.2) is 0 Å². The standard InChI is InChI=1S/C18H27N3/c1-15-8-6-7-11-17(15)21(2)13-12-18(20,14-19)16-9-4-3-5-10-16/h3-5,9-10,15,17H,6-8,11-13,20H2,1-2H3. The van der Waals surface area contributed by atoms with Gasteiger partial charge >= 0.3 is 0 Å². The Hall–Kier alpha value is -1.37. The van der Waals surface area contributed by atoms with E-state index >= 15 is 0 Å². The van der Waals surface area contributed by atoms with Crippen LogP contribution in [0.15, 0.2) is 30.3 Å². The van der Waals surface area contributed by atoms with E-state index < -0.39 is 5.54 Å². The van der Waals surface area contributed by atoms with Gasteiger partial charge in [0.05, 0.1) is 6.07 Å². The fourth-order valence-corrected chi connectivity index (χ4v) is 3.47. The molecule has 2 rings (SSSR count). The molecule has 0 aliphatic heterocycles. The zero-order chi connectivity index (χ0) is 15.3. The molecule has 114 valence electrons. The Kier molecular flexibility index (Phi) is 5.39. The molecule has 3 heteroatoms. The first-order valence-electron chi connectivity index (χ1n) is 8.03. The number of hydrogen-bond donors (Lipinski definition) is 1. The minimum Gasteiger partial charge on any atom is -0.310 e. The van der Waals surface area contributed by atoms with Crippen molar-refractivity contribution in [3.63, 3.8) is 0 Å². The molecule has 1 aliphatic carbocycles. The molecule has 0 spiro atoms. The van der Waals surface area contributed by atoms with Crippen LogP contribution in [0.25, 0.3) is 0 Å². The lowest BCUT2D eigenvalue weighted by molar-refractivity contribution is 0.133. The van der Waals surface area contributed by atoms with Crippen molar-refractivity contribution >= 4 is 0 Å². The molecule has 1 aromatic rings. The van der Waals surface area contributed by atoms with Crippen molar-refractivity contribution in [2.75, 3.05) is 13.6 Å². The molecule has 0 bridgehead atoms. The van der Waals surface area contributed by atoms with Crippen LogP contribution in [0.4, 0.5) is 0 Å². The molecule has 21 heavy (non-hydrogen) atoms. The molecule has 1 aromatic carbocycles. The van der Waals surface area contributed by atoms with Crippen molar-refractivity contribution in [2.45, 2.75) is 50.6 Å². The van der Waals surface area contributed by atoms with E-state index in [0.717, 1.165) is 18.0 Å². The van der Waals surface area contributed by atoms with E-state index in [9.17, 15) is 5.26 Å². The molecule has 1 aliphatic rings. The van der Waals surface area contributed by atoms with Gasteiger partial charge in [0.25, 0.3) is 0 Å². The lowest BCUT2D eigenvalue weighted by Gasteiger charge is -2.37. The first-order chi connectivity index (χ1) is 10.1. The van der Waals surface area contributed by atoms with E-state index in [2.05, 4.69) is 24.9 Å². The van der Waals surface area contributed by atoms with Crippen LogP contribution in [0.2, 0.25) is 0 Å². The Bertz CT molecular complexity index is 479. The summed E-state index contributed by atoms with van der Waals surface area (Å²) in [6.45, 7) is 3.21. The Morgan fingerprint density at radius 1 is 1.29 bits per heavy atom. The number of nitrogens with zero attached hydrogens (tertiary/aromatic N) is 2. The fourth-order valence-electron chi connectivity index (χ4n) is 3.47. The van der Waals surface area contributed by atoms with E-state index in [-0.39, 0.29) is 0 Å². The summed E-state index contributed by atoms with van der Waals surface area (Å²) in [7, 11) is 2.18. The second-order valence-corrected chi connectivity index (χ2v) is 6.51. The van der Waals surface area contributed by atoms with Gasteiger partial charge in [-0.15, -0.1) is 0 Å². The molecule has 0 radical (unpaired) electrons. The third-order valence-corrected chi connectivity index (χ3v) is 4.98. The third kappa shape index (κ3) is 3.84. The van der Waals surface area contributed by atoms with Crippen LogP contribution in [0.1, 0.15) is 44.6 Å². The molecule has 2 N–H and O–H groups in total. The predicted molar refractivity (Wildman–Crippen MR) is 86.6 cm³/mol. The number of rotatable bonds is 5. The van der Waals surface area contributed by atoms with E-state index in [1.807, 2.05) is 30.3 Å². The minimum atomic E-state index is -0.882. The normalized spacial score (nSPS) is 25.3. The van der Waals surface area contributed by atoms with Crippen LogP contribution >= 0.6 is 0 Å². The molecular formula is C18H27N3. The zero-order valence-corrected chi connectivity index (χ0v) is 13.3. The average Bonchev–Trinajstić information content (AvgIpc) is 2.53. The van der Waals surface area contributed by atoms with Gasteiger partial charge < -0.3 is 10.6 Å². The van der Waals surface area contributed by atoms with Crippen molar-refractivity contribution in [2.24, 2.45) is 11.7 Å². The monoisotopic (exact) mass is 285 g/mol. The molecule has 1 saturated carbocycles. The molecule has 0 amide bonds. The van der Waals surface area contributed by atoms with Crippen LogP contribution in [0.3, 0.4) is 0 Å². The third-order valence-electron chi connectivity index (χ3n) is 4.98. The second kappa shape index (κ2) is 7.06. The number of hydrogen-bond acceptors (Lipinski definition) is 3. The SMILES string of the molecule is CC1CCCCC1N(C)CCC(N)(C#N)c1ccccc1. The highest BCUT2D eigenvalue weighted by Crippen LogP contribution is 2.29. The van der Waals surface area contributed by atoms with Gasteiger partial charge in [0.15, 0.2) is 0 Å². The largest absolute Gasteiger partial charge is 0.310 e. The molecule has 1 fully saturated rings. The summed E-state index contributed by atoms with van der Waals surface area (Å²) in [6, 6.07) is 12.7. The topological polar surface area (TPSA) is 53.0 Å². The van der Waals surface area contributed by atoms with Crippen LogP contribution < -0.4 is 5.73 Å². The molecular weight excluding hydrogens is 258 g/mol. The quantitative estimate of drug-likeness (QED) is 0.903. The summed E-state index contributed by atoms with van der Waals surface area (Å²) in [4.78, 5) is 2.41. The van der Waals surface area contributed by atoms with Crippen molar-refractivity contribution in [1.82, 2.24) is 4.90 Å². The van der Waals surface area contributed by atoms with Gasteiger partial charge in [-0.2, -0.15) is 5.26 Å². The summed E-state index contributed by atoms with van der Waals surface area (Å²) < 4.78 is 0. The maximum absolute atomic E-state index is 9.52. The Morgan fingerprint density at radius 2 is 1.95 bits per heavy atom. The lowest BCUT2D eigenvalue weighted by Crippen LogP contribution is -2.44. The molecule has 3 atom stereocenters. The molecule has 3 nitrogen and oxygen atoms in total. The summed E-state index contributed by atoms with van der Waals surface area (Å²) in [6.07, 6.45) is 5.94. The number of benzene rings is 1. The van der Waals surface area contributed by atoms with Crippen LogP contribution in [0.5, 0.6) is 0 Å².